The van der Waals surface area contributed by atoms with Crippen LogP contribution in [0.15, 0.2) is 0 Å². The van der Waals surface area contributed by atoms with Gasteiger partial charge in [0, 0.05) is 5.92 Å². The molecule has 0 aromatic rings. The van der Waals surface area contributed by atoms with E-state index >= 15 is 0 Å². The highest BCUT2D eigenvalue weighted by Crippen LogP contribution is 2.12. The van der Waals surface area contributed by atoms with Crippen LogP contribution in [0.1, 0.15) is 13.8 Å². The Morgan fingerprint density at radius 1 is 1.29 bits per heavy atom. The third-order valence-corrected chi connectivity index (χ3v) is 2.36. The molecule has 1 rings (SSSR count). The van der Waals surface area contributed by atoms with Crippen molar-refractivity contribution in [3.63, 3.8) is 0 Å². The van der Waals surface area contributed by atoms with Gasteiger partial charge in [-0.05, 0) is 0 Å². The van der Waals surface area contributed by atoms with Gasteiger partial charge in [-0.2, -0.15) is 0 Å². The topological polar surface area (TPSA) is 71.1 Å². The minimum absolute atomic E-state index is 0.157. The Morgan fingerprint density at radius 2 is 2.00 bits per heavy atom. The second kappa shape index (κ2) is 6.56. The predicted octanol–water partition coefficient (Wildman–Crippen LogP) is 0.143. The molecule has 0 unspecified atom stereocenters. The first-order chi connectivity index (χ1) is 8.06. The fourth-order valence-corrected chi connectivity index (χ4v) is 1.40. The molecule has 1 aliphatic rings. The SMILES string of the molecule is COC(=O)[C@H](OC(=O)[C@@H]1COCCO1)C(C)C. The molecule has 0 bridgehead atoms. The summed E-state index contributed by atoms with van der Waals surface area (Å²) in [7, 11) is 1.26. The number of ether oxygens (including phenoxy) is 4. The normalized spacial score (nSPS) is 22.0. The van der Waals surface area contributed by atoms with Gasteiger partial charge in [0.2, 0.25) is 6.10 Å². The van der Waals surface area contributed by atoms with Crippen molar-refractivity contribution in [3.05, 3.63) is 0 Å². The Hall–Kier alpha value is -1.14. The van der Waals surface area contributed by atoms with Crippen molar-refractivity contribution in [1.29, 1.82) is 0 Å². The number of hydrogen-bond acceptors (Lipinski definition) is 6. The van der Waals surface area contributed by atoms with Crippen LogP contribution < -0.4 is 0 Å². The fourth-order valence-electron chi connectivity index (χ4n) is 1.40. The Balaban J connectivity index is 2.54. The van der Waals surface area contributed by atoms with Crippen molar-refractivity contribution in [2.24, 2.45) is 5.92 Å². The molecule has 1 aliphatic heterocycles. The summed E-state index contributed by atoms with van der Waals surface area (Å²) in [5, 5.41) is 0. The molecule has 0 radical (unpaired) electrons. The molecule has 2 atom stereocenters. The highest BCUT2D eigenvalue weighted by molar-refractivity contribution is 5.81. The smallest absolute Gasteiger partial charge is 0.347 e. The molecular formula is C11H18O6. The third-order valence-electron chi connectivity index (χ3n) is 2.36. The van der Waals surface area contributed by atoms with E-state index < -0.39 is 24.1 Å². The van der Waals surface area contributed by atoms with E-state index in [2.05, 4.69) is 4.74 Å². The van der Waals surface area contributed by atoms with Crippen molar-refractivity contribution in [1.82, 2.24) is 0 Å². The van der Waals surface area contributed by atoms with Crippen LogP contribution in [0.3, 0.4) is 0 Å². The molecule has 0 amide bonds. The van der Waals surface area contributed by atoms with Gasteiger partial charge in [0.1, 0.15) is 0 Å². The standard InChI is InChI=1S/C11H18O6/c1-7(2)9(11(13)14-3)17-10(12)8-6-15-4-5-16-8/h7-9H,4-6H2,1-3H3/t8-,9+/m0/s1. The monoisotopic (exact) mass is 246 g/mol. The molecule has 1 saturated heterocycles. The molecule has 0 spiro atoms. The highest BCUT2D eigenvalue weighted by atomic mass is 16.6. The molecule has 6 nitrogen and oxygen atoms in total. The van der Waals surface area contributed by atoms with Gasteiger partial charge in [-0.25, -0.2) is 9.59 Å². The maximum absolute atomic E-state index is 11.7. The summed E-state index contributed by atoms with van der Waals surface area (Å²) in [6, 6.07) is 0. The summed E-state index contributed by atoms with van der Waals surface area (Å²) in [6.07, 6.45) is -1.66. The van der Waals surface area contributed by atoms with Gasteiger partial charge < -0.3 is 18.9 Å². The number of rotatable bonds is 4. The van der Waals surface area contributed by atoms with E-state index in [9.17, 15) is 9.59 Å². The summed E-state index contributed by atoms with van der Waals surface area (Å²) < 4.78 is 19.9. The van der Waals surface area contributed by atoms with Crippen LogP contribution in [-0.4, -0.2) is 51.1 Å². The van der Waals surface area contributed by atoms with Crippen LogP contribution in [-0.2, 0) is 28.5 Å². The average Bonchev–Trinajstić information content (AvgIpc) is 2.35. The fraction of sp³-hybridized carbons (Fsp3) is 0.818. The van der Waals surface area contributed by atoms with Gasteiger partial charge in [0.25, 0.3) is 0 Å². The lowest BCUT2D eigenvalue weighted by Gasteiger charge is -2.25. The van der Waals surface area contributed by atoms with E-state index in [0.29, 0.717) is 13.2 Å². The Kier molecular flexibility index (Phi) is 5.37. The van der Waals surface area contributed by atoms with Gasteiger partial charge in [-0.1, -0.05) is 13.8 Å². The Morgan fingerprint density at radius 3 is 2.47 bits per heavy atom. The molecule has 98 valence electrons. The van der Waals surface area contributed by atoms with Crippen molar-refractivity contribution < 1.29 is 28.5 Å². The van der Waals surface area contributed by atoms with Crippen molar-refractivity contribution in [2.75, 3.05) is 26.9 Å². The van der Waals surface area contributed by atoms with Crippen LogP contribution >= 0.6 is 0 Å². The van der Waals surface area contributed by atoms with E-state index in [1.54, 1.807) is 13.8 Å². The molecule has 6 heteroatoms. The zero-order valence-corrected chi connectivity index (χ0v) is 10.3. The van der Waals surface area contributed by atoms with Crippen molar-refractivity contribution in [2.45, 2.75) is 26.1 Å². The van der Waals surface area contributed by atoms with E-state index in [1.165, 1.54) is 7.11 Å². The lowest BCUT2D eigenvalue weighted by Crippen LogP contribution is -2.41. The average molecular weight is 246 g/mol. The number of methoxy groups -OCH3 is 1. The molecule has 1 fully saturated rings. The van der Waals surface area contributed by atoms with Gasteiger partial charge in [0.05, 0.1) is 26.9 Å². The molecule has 0 aliphatic carbocycles. The quantitative estimate of drug-likeness (QED) is 0.657. The van der Waals surface area contributed by atoms with Crippen LogP contribution in [0.2, 0.25) is 0 Å². The third kappa shape index (κ3) is 3.98. The largest absolute Gasteiger partial charge is 0.466 e. The molecule has 17 heavy (non-hydrogen) atoms. The lowest BCUT2D eigenvalue weighted by atomic mass is 10.1. The van der Waals surface area contributed by atoms with Crippen LogP contribution in [0.5, 0.6) is 0 Å². The van der Waals surface area contributed by atoms with Crippen molar-refractivity contribution in [3.8, 4) is 0 Å². The first kappa shape index (κ1) is 13.9. The zero-order chi connectivity index (χ0) is 12.8. The highest BCUT2D eigenvalue weighted by Gasteiger charge is 2.32. The maximum atomic E-state index is 11.7. The van der Waals surface area contributed by atoms with Gasteiger partial charge in [0.15, 0.2) is 6.10 Å². The van der Waals surface area contributed by atoms with E-state index in [1.807, 2.05) is 0 Å². The molecule has 0 N–H and O–H groups in total. The molecule has 0 saturated carbocycles. The summed E-state index contributed by atoms with van der Waals surface area (Å²) in [5.41, 5.74) is 0. The Labute approximate surface area is 100 Å². The van der Waals surface area contributed by atoms with E-state index in [0.717, 1.165) is 0 Å². The number of carbonyl (C=O) groups is 2. The van der Waals surface area contributed by atoms with Crippen LogP contribution in [0.4, 0.5) is 0 Å². The van der Waals surface area contributed by atoms with Crippen LogP contribution in [0, 0.1) is 5.92 Å². The molecular weight excluding hydrogens is 228 g/mol. The predicted molar refractivity (Wildman–Crippen MR) is 57.3 cm³/mol. The summed E-state index contributed by atoms with van der Waals surface area (Å²) >= 11 is 0. The molecule has 0 aromatic heterocycles. The lowest BCUT2D eigenvalue weighted by molar-refractivity contribution is -0.185. The summed E-state index contributed by atoms with van der Waals surface area (Å²) in [6.45, 7) is 4.52. The van der Waals surface area contributed by atoms with E-state index in [4.69, 9.17) is 14.2 Å². The molecule has 0 aromatic carbocycles. The van der Waals surface area contributed by atoms with Gasteiger partial charge in [-0.3, -0.25) is 0 Å². The summed E-state index contributed by atoms with van der Waals surface area (Å²) in [4.78, 5) is 23.1. The Bertz CT molecular complexity index is 269. The second-order valence-electron chi connectivity index (χ2n) is 4.06. The molecule has 1 heterocycles. The summed E-state index contributed by atoms with van der Waals surface area (Å²) in [5.74, 6) is -1.31. The number of hydrogen-bond donors (Lipinski definition) is 0. The maximum Gasteiger partial charge on any atom is 0.347 e. The van der Waals surface area contributed by atoms with Gasteiger partial charge >= 0.3 is 11.9 Å². The van der Waals surface area contributed by atoms with Gasteiger partial charge in [-0.15, -0.1) is 0 Å². The minimum Gasteiger partial charge on any atom is -0.466 e. The first-order valence-corrected chi connectivity index (χ1v) is 5.54. The first-order valence-electron chi connectivity index (χ1n) is 5.54. The second-order valence-corrected chi connectivity index (χ2v) is 4.06. The van der Waals surface area contributed by atoms with E-state index in [-0.39, 0.29) is 12.5 Å². The number of carbonyl (C=O) groups excluding carboxylic acids is 2. The number of esters is 2. The minimum atomic E-state index is -0.905. The van der Waals surface area contributed by atoms with Crippen molar-refractivity contribution >= 4 is 11.9 Å². The zero-order valence-electron chi connectivity index (χ0n) is 10.3. The van der Waals surface area contributed by atoms with Crippen LogP contribution in [0.25, 0.3) is 0 Å².